The van der Waals surface area contributed by atoms with E-state index in [1.54, 1.807) is 19.1 Å². The Hall–Kier alpha value is -1.22. The van der Waals surface area contributed by atoms with Gasteiger partial charge in [0.15, 0.2) is 0 Å². The Morgan fingerprint density at radius 2 is 2.25 bits per heavy atom. The van der Waals surface area contributed by atoms with Crippen molar-refractivity contribution in [3.8, 4) is 5.75 Å². The summed E-state index contributed by atoms with van der Waals surface area (Å²) < 4.78 is 0. The smallest absolute Gasteiger partial charge is 0.251 e. The molecule has 0 aliphatic carbocycles. The average Bonchev–Trinajstić information content (AvgIpc) is 2.25. The number of rotatable bonds is 4. The molecule has 0 heterocycles. The van der Waals surface area contributed by atoms with Crippen molar-refractivity contribution >= 4 is 17.5 Å². The van der Waals surface area contributed by atoms with Crippen molar-refractivity contribution in [2.24, 2.45) is 0 Å². The number of hydrogen-bond donors (Lipinski definition) is 2. The number of aromatic hydroxyl groups is 1. The lowest BCUT2D eigenvalue weighted by Gasteiger charge is -2.10. The Labute approximate surface area is 100 Å². The monoisotopic (exact) mass is 241 g/mol. The number of aryl methyl sites for hydroxylation is 1. The molecule has 1 aromatic carbocycles. The van der Waals surface area contributed by atoms with Gasteiger partial charge in [0.2, 0.25) is 0 Å². The number of amides is 1. The van der Waals surface area contributed by atoms with Crippen LogP contribution in [-0.2, 0) is 0 Å². The molecular formula is C12H16ClNO2. The maximum absolute atomic E-state index is 11.7. The Kier molecular flexibility index (Phi) is 4.62. The van der Waals surface area contributed by atoms with E-state index in [0.29, 0.717) is 12.1 Å². The molecule has 2 N–H and O–H groups in total. The zero-order chi connectivity index (χ0) is 12.1. The summed E-state index contributed by atoms with van der Waals surface area (Å²) in [6.07, 6.45) is 0.816. The molecular weight excluding hydrogens is 226 g/mol. The predicted molar refractivity (Wildman–Crippen MR) is 65.1 cm³/mol. The lowest BCUT2D eigenvalue weighted by molar-refractivity contribution is 0.0953. The molecule has 1 aromatic rings. The second-order valence-electron chi connectivity index (χ2n) is 3.71. The van der Waals surface area contributed by atoms with Gasteiger partial charge in [0.1, 0.15) is 5.75 Å². The highest BCUT2D eigenvalue weighted by Crippen LogP contribution is 2.15. The number of alkyl halides is 1. The Morgan fingerprint density at radius 1 is 1.56 bits per heavy atom. The van der Waals surface area contributed by atoms with E-state index in [1.807, 2.05) is 6.92 Å². The summed E-state index contributed by atoms with van der Waals surface area (Å²) in [6.45, 7) is 4.21. The lowest BCUT2D eigenvalue weighted by atomic mass is 10.1. The van der Waals surface area contributed by atoms with Crippen LogP contribution in [-0.4, -0.2) is 22.9 Å². The van der Waals surface area contributed by atoms with Crippen LogP contribution in [0.15, 0.2) is 18.2 Å². The van der Waals surface area contributed by atoms with Gasteiger partial charge in [0, 0.05) is 12.1 Å². The SMILES string of the molecule is CCC(Cl)CNC(=O)c1ccc(O)cc1C. The van der Waals surface area contributed by atoms with Crippen LogP contribution in [0.2, 0.25) is 0 Å². The third kappa shape index (κ3) is 3.42. The molecule has 88 valence electrons. The number of carbonyl (C=O) groups excluding carboxylic acids is 1. The third-order valence-electron chi connectivity index (χ3n) is 2.38. The summed E-state index contributed by atoms with van der Waals surface area (Å²) in [7, 11) is 0. The normalized spacial score (nSPS) is 12.2. The minimum Gasteiger partial charge on any atom is -0.508 e. The molecule has 1 atom stereocenters. The highest BCUT2D eigenvalue weighted by atomic mass is 35.5. The second kappa shape index (κ2) is 5.75. The molecule has 0 aliphatic rings. The molecule has 0 fully saturated rings. The maximum Gasteiger partial charge on any atom is 0.251 e. The molecule has 1 amide bonds. The zero-order valence-electron chi connectivity index (χ0n) is 9.46. The number of nitrogens with one attached hydrogen (secondary N) is 1. The van der Waals surface area contributed by atoms with Gasteiger partial charge in [-0.3, -0.25) is 4.79 Å². The second-order valence-corrected chi connectivity index (χ2v) is 4.33. The fourth-order valence-electron chi connectivity index (χ4n) is 1.35. The van der Waals surface area contributed by atoms with E-state index >= 15 is 0 Å². The van der Waals surface area contributed by atoms with Crippen molar-refractivity contribution in [1.82, 2.24) is 5.32 Å². The van der Waals surface area contributed by atoms with E-state index in [9.17, 15) is 9.90 Å². The first-order valence-electron chi connectivity index (χ1n) is 5.26. The van der Waals surface area contributed by atoms with Crippen molar-refractivity contribution in [3.05, 3.63) is 29.3 Å². The number of phenols is 1. The minimum absolute atomic E-state index is 0.0404. The van der Waals surface area contributed by atoms with Gasteiger partial charge in [-0.05, 0) is 37.1 Å². The summed E-state index contributed by atoms with van der Waals surface area (Å²) >= 11 is 5.91. The summed E-state index contributed by atoms with van der Waals surface area (Å²) in [5.41, 5.74) is 1.32. The molecule has 1 rings (SSSR count). The molecule has 0 saturated heterocycles. The van der Waals surface area contributed by atoms with Gasteiger partial charge in [-0.1, -0.05) is 6.92 Å². The molecule has 3 nitrogen and oxygen atoms in total. The van der Waals surface area contributed by atoms with Crippen LogP contribution >= 0.6 is 11.6 Å². The van der Waals surface area contributed by atoms with Crippen molar-refractivity contribution in [2.45, 2.75) is 25.6 Å². The molecule has 16 heavy (non-hydrogen) atoms. The van der Waals surface area contributed by atoms with E-state index in [-0.39, 0.29) is 17.0 Å². The van der Waals surface area contributed by atoms with E-state index in [4.69, 9.17) is 11.6 Å². The molecule has 4 heteroatoms. The van der Waals surface area contributed by atoms with Crippen molar-refractivity contribution in [1.29, 1.82) is 0 Å². The topological polar surface area (TPSA) is 49.3 Å². The van der Waals surface area contributed by atoms with E-state index in [1.165, 1.54) is 6.07 Å². The van der Waals surface area contributed by atoms with Crippen LogP contribution < -0.4 is 5.32 Å². The number of phenolic OH excluding ortho intramolecular Hbond substituents is 1. The zero-order valence-corrected chi connectivity index (χ0v) is 10.2. The lowest BCUT2D eigenvalue weighted by Crippen LogP contribution is -2.29. The number of benzene rings is 1. The fraction of sp³-hybridized carbons (Fsp3) is 0.417. The standard InChI is InChI=1S/C12H16ClNO2/c1-3-9(13)7-14-12(16)11-5-4-10(15)6-8(11)2/h4-6,9,15H,3,7H2,1-2H3,(H,14,16). The Bertz CT molecular complexity index is 379. The third-order valence-corrected chi connectivity index (χ3v) is 2.84. The van der Waals surface area contributed by atoms with Gasteiger partial charge >= 0.3 is 0 Å². The van der Waals surface area contributed by atoms with Crippen molar-refractivity contribution in [2.75, 3.05) is 6.54 Å². The molecule has 0 aromatic heterocycles. The van der Waals surface area contributed by atoms with Crippen LogP contribution in [0.25, 0.3) is 0 Å². The first kappa shape index (κ1) is 12.8. The summed E-state index contributed by atoms with van der Waals surface area (Å²) in [6, 6.07) is 4.67. The quantitative estimate of drug-likeness (QED) is 0.796. The summed E-state index contributed by atoms with van der Waals surface area (Å²) in [5.74, 6) is 0.00873. The molecule has 0 bridgehead atoms. The molecule has 0 aliphatic heterocycles. The molecule has 0 radical (unpaired) electrons. The predicted octanol–water partition coefficient (Wildman–Crippen LogP) is 2.45. The Morgan fingerprint density at radius 3 is 2.81 bits per heavy atom. The van der Waals surface area contributed by atoms with Gasteiger partial charge in [0.05, 0.1) is 5.38 Å². The molecule has 0 saturated carbocycles. The van der Waals surface area contributed by atoms with E-state index in [2.05, 4.69) is 5.32 Å². The minimum atomic E-state index is -0.156. The molecule has 1 unspecified atom stereocenters. The summed E-state index contributed by atoms with van der Waals surface area (Å²) in [4.78, 5) is 11.7. The average molecular weight is 242 g/mol. The van der Waals surface area contributed by atoms with Crippen molar-refractivity contribution in [3.63, 3.8) is 0 Å². The first-order chi connectivity index (χ1) is 7.54. The maximum atomic E-state index is 11.7. The van der Waals surface area contributed by atoms with Crippen LogP contribution in [0.4, 0.5) is 0 Å². The highest BCUT2D eigenvalue weighted by Gasteiger charge is 2.10. The van der Waals surface area contributed by atoms with Gasteiger partial charge in [-0.25, -0.2) is 0 Å². The Balaban J connectivity index is 2.66. The van der Waals surface area contributed by atoms with E-state index < -0.39 is 0 Å². The number of carbonyl (C=O) groups is 1. The highest BCUT2D eigenvalue weighted by molar-refractivity contribution is 6.20. The van der Waals surface area contributed by atoms with Gasteiger partial charge in [0.25, 0.3) is 5.91 Å². The van der Waals surface area contributed by atoms with Gasteiger partial charge in [-0.2, -0.15) is 0 Å². The van der Waals surface area contributed by atoms with Crippen LogP contribution in [0.1, 0.15) is 29.3 Å². The van der Waals surface area contributed by atoms with Crippen LogP contribution in [0.3, 0.4) is 0 Å². The number of halogens is 1. The van der Waals surface area contributed by atoms with E-state index in [0.717, 1.165) is 12.0 Å². The fourth-order valence-corrected chi connectivity index (χ4v) is 1.42. The van der Waals surface area contributed by atoms with Crippen molar-refractivity contribution < 1.29 is 9.90 Å². The van der Waals surface area contributed by atoms with Crippen LogP contribution in [0, 0.1) is 6.92 Å². The van der Waals surface area contributed by atoms with Gasteiger partial charge in [-0.15, -0.1) is 11.6 Å². The van der Waals surface area contributed by atoms with Gasteiger partial charge < -0.3 is 10.4 Å². The van der Waals surface area contributed by atoms with Crippen LogP contribution in [0.5, 0.6) is 5.75 Å². The number of hydrogen-bond acceptors (Lipinski definition) is 2. The molecule has 0 spiro atoms. The first-order valence-corrected chi connectivity index (χ1v) is 5.70. The summed E-state index contributed by atoms with van der Waals surface area (Å²) in [5, 5.41) is 11.9. The largest absolute Gasteiger partial charge is 0.508 e.